The van der Waals surface area contributed by atoms with E-state index in [9.17, 15) is 19.2 Å². The number of rotatable bonds is 22. The summed E-state index contributed by atoms with van der Waals surface area (Å²) in [6, 6.07) is 2.50. The van der Waals surface area contributed by atoms with E-state index in [1.807, 2.05) is 0 Å². The fraction of sp³-hybridized carbons (Fsp3) is 0.405. The molecule has 9 nitrogen and oxygen atoms in total. The SMILES string of the molecule is CC/C=C\C/C=C\C/C=C\C/C=C\C/C=C\C/C=C\CCCNCCNC(=O)c1cc(OC(C)=O)c(OC(C)=O)c(OC(C)=O)c1. The lowest BCUT2D eigenvalue weighted by Crippen LogP contribution is -2.32. The summed E-state index contributed by atoms with van der Waals surface area (Å²) in [4.78, 5) is 47.4. The third-order valence-corrected chi connectivity index (χ3v) is 5.94. The number of carbonyl (C=O) groups is 4. The fourth-order valence-corrected chi connectivity index (χ4v) is 3.89. The van der Waals surface area contributed by atoms with Crippen LogP contribution in [0.3, 0.4) is 0 Å². The number of benzene rings is 1. The van der Waals surface area contributed by atoms with Gasteiger partial charge in [0.15, 0.2) is 11.5 Å². The highest BCUT2D eigenvalue weighted by Crippen LogP contribution is 2.39. The molecule has 0 unspecified atom stereocenters. The maximum atomic E-state index is 12.7. The van der Waals surface area contributed by atoms with Crippen LogP contribution in [0, 0.1) is 0 Å². The lowest BCUT2D eigenvalue weighted by atomic mass is 10.1. The Bertz CT molecular complexity index is 1240. The summed E-state index contributed by atoms with van der Waals surface area (Å²) >= 11 is 0. The van der Waals surface area contributed by atoms with Gasteiger partial charge in [0, 0.05) is 39.4 Å². The Morgan fingerprint density at radius 3 is 1.46 bits per heavy atom. The molecule has 0 aliphatic rings. The van der Waals surface area contributed by atoms with Crippen LogP contribution in [0.15, 0.2) is 85.0 Å². The Kier molecular flexibility index (Phi) is 22.2. The number of nitrogens with one attached hydrogen (secondary N) is 2. The Morgan fingerprint density at radius 1 is 0.587 bits per heavy atom. The van der Waals surface area contributed by atoms with E-state index in [0.29, 0.717) is 13.1 Å². The number of unbranched alkanes of at least 4 members (excludes halogenated alkanes) is 1. The predicted molar refractivity (Wildman–Crippen MR) is 183 cm³/mol. The van der Waals surface area contributed by atoms with Crippen molar-refractivity contribution in [1.29, 1.82) is 0 Å². The van der Waals surface area contributed by atoms with Crippen molar-refractivity contribution in [1.82, 2.24) is 10.6 Å². The van der Waals surface area contributed by atoms with Gasteiger partial charge in [-0.25, -0.2) is 0 Å². The molecule has 0 fully saturated rings. The summed E-state index contributed by atoms with van der Waals surface area (Å²) in [5, 5.41) is 6.04. The molecule has 0 spiro atoms. The largest absolute Gasteiger partial charge is 0.423 e. The zero-order valence-corrected chi connectivity index (χ0v) is 27.7. The number of esters is 3. The first kappa shape index (κ1) is 39.5. The number of hydrogen-bond donors (Lipinski definition) is 2. The molecule has 0 aliphatic heterocycles. The molecule has 0 aliphatic carbocycles. The van der Waals surface area contributed by atoms with E-state index in [1.54, 1.807) is 0 Å². The molecular formula is C37H50N2O7. The first-order valence-corrected chi connectivity index (χ1v) is 15.9. The quantitative estimate of drug-likeness (QED) is 0.0592. The Balaban J connectivity index is 2.27. The number of hydrogen-bond acceptors (Lipinski definition) is 8. The smallest absolute Gasteiger partial charge is 0.308 e. The number of carbonyl (C=O) groups excluding carboxylic acids is 4. The fourth-order valence-electron chi connectivity index (χ4n) is 3.89. The minimum absolute atomic E-state index is 0.0704. The Hall–Kier alpha value is -4.50. The summed E-state index contributed by atoms with van der Waals surface area (Å²) < 4.78 is 15.3. The standard InChI is InChI=1S/C37H50N2O7/c1-5-6-7-8-9-10-11-12-13-14-15-16-17-18-19-20-21-22-23-24-25-38-26-27-39-37(43)33-28-34(44-30(2)40)36(46-32(4)42)35(29-33)45-31(3)41/h6-7,9-10,12-13,15-16,18-19,21-22,28-29,38H,5,8,11,14,17,20,23-27H2,1-4H3,(H,39,43)/b7-6-,10-9-,13-12-,16-15-,19-18-,22-21-. The predicted octanol–water partition coefficient (Wildman–Crippen LogP) is 7.26. The van der Waals surface area contributed by atoms with Gasteiger partial charge >= 0.3 is 17.9 Å². The number of allylic oxidation sites excluding steroid dienone is 12. The summed E-state index contributed by atoms with van der Waals surface area (Å²) in [5.74, 6) is -3.27. The van der Waals surface area contributed by atoms with E-state index in [2.05, 4.69) is 90.5 Å². The first-order chi connectivity index (χ1) is 22.2. The number of amides is 1. The Labute approximate surface area is 274 Å². The molecule has 1 aromatic rings. The van der Waals surface area contributed by atoms with Gasteiger partial charge in [0.1, 0.15) is 0 Å². The van der Waals surface area contributed by atoms with Gasteiger partial charge in [-0.3, -0.25) is 19.2 Å². The van der Waals surface area contributed by atoms with Crippen LogP contribution in [0.5, 0.6) is 17.2 Å². The monoisotopic (exact) mass is 634 g/mol. The van der Waals surface area contributed by atoms with Gasteiger partial charge in [-0.1, -0.05) is 79.8 Å². The van der Waals surface area contributed by atoms with Crippen LogP contribution < -0.4 is 24.8 Å². The van der Waals surface area contributed by atoms with Gasteiger partial charge in [0.05, 0.1) is 0 Å². The molecule has 0 saturated carbocycles. The van der Waals surface area contributed by atoms with Crippen LogP contribution in [-0.2, 0) is 14.4 Å². The molecule has 1 rings (SSSR count). The minimum Gasteiger partial charge on any atom is -0.423 e. The number of ether oxygens (including phenoxy) is 3. The van der Waals surface area contributed by atoms with Crippen molar-refractivity contribution in [3.8, 4) is 17.2 Å². The molecule has 0 heterocycles. The normalized spacial score (nSPS) is 11.9. The molecule has 250 valence electrons. The van der Waals surface area contributed by atoms with Gasteiger partial charge in [-0.05, 0) is 70.0 Å². The molecular weight excluding hydrogens is 584 g/mol. The summed E-state index contributed by atoms with van der Waals surface area (Å²) in [6.07, 6.45) is 34.0. The zero-order chi connectivity index (χ0) is 33.8. The minimum atomic E-state index is -0.717. The van der Waals surface area contributed by atoms with Crippen molar-refractivity contribution in [2.24, 2.45) is 0 Å². The van der Waals surface area contributed by atoms with E-state index in [0.717, 1.165) is 78.7 Å². The molecule has 0 aromatic heterocycles. The Morgan fingerprint density at radius 2 is 1.02 bits per heavy atom. The second kappa shape index (κ2) is 25.8. The maximum absolute atomic E-state index is 12.7. The molecule has 0 radical (unpaired) electrons. The summed E-state index contributed by atoms with van der Waals surface area (Å²) in [5.41, 5.74) is 0.0704. The summed E-state index contributed by atoms with van der Waals surface area (Å²) in [6.45, 7) is 7.29. The lowest BCUT2D eigenvalue weighted by molar-refractivity contribution is -0.135. The van der Waals surface area contributed by atoms with Crippen LogP contribution in [0.1, 0.15) is 89.4 Å². The zero-order valence-electron chi connectivity index (χ0n) is 27.7. The van der Waals surface area contributed by atoms with E-state index in [4.69, 9.17) is 14.2 Å². The van der Waals surface area contributed by atoms with E-state index in [1.165, 1.54) is 12.1 Å². The van der Waals surface area contributed by atoms with Crippen molar-refractivity contribution in [2.75, 3.05) is 19.6 Å². The van der Waals surface area contributed by atoms with Crippen molar-refractivity contribution in [2.45, 2.75) is 79.1 Å². The third kappa shape index (κ3) is 20.5. The molecule has 46 heavy (non-hydrogen) atoms. The highest BCUT2D eigenvalue weighted by Gasteiger charge is 2.22. The topological polar surface area (TPSA) is 120 Å². The van der Waals surface area contributed by atoms with Crippen LogP contribution in [0.4, 0.5) is 0 Å². The molecule has 0 saturated heterocycles. The second-order valence-corrected chi connectivity index (χ2v) is 10.1. The van der Waals surface area contributed by atoms with Crippen molar-refractivity contribution < 1.29 is 33.4 Å². The van der Waals surface area contributed by atoms with Gasteiger partial charge in [-0.15, -0.1) is 0 Å². The van der Waals surface area contributed by atoms with Crippen LogP contribution in [0.25, 0.3) is 0 Å². The maximum Gasteiger partial charge on any atom is 0.308 e. The van der Waals surface area contributed by atoms with Gasteiger partial charge in [-0.2, -0.15) is 0 Å². The molecule has 0 atom stereocenters. The molecule has 1 aromatic carbocycles. The highest BCUT2D eigenvalue weighted by atomic mass is 16.6. The molecule has 9 heteroatoms. The molecule has 0 bridgehead atoms. The highest BCUT2D eigenvalue weighted by molar-refractivity contribution is 5.96. The van der Waals surface area contributed by atoms with E-state index in [-0.39, 0.29) is 22.8 Å². The average Bonchev–Trinajstić information content (AvgIpc) is 3.00. The van der Waals surface area contributed by atoms with Crippen molar-refractivity contribution >= 4 is 23.8 Å². The third-order valence-electron chi connectivity index (χ3n) is 5.94. The van der Waals surface area contributed by atoms with Gasteiger partial charge in [0.2, 0.25) is 5.75 Å². The average molecular weight is 635 g/mol. The van der Waals surface area contributed by atoms with Crippen molar-refractivity contribution in [3.05, 3.63) is 90.6 Å². The van der Waals surface area contributed by atoms with Gasteiger partial charge in [0.25, 0.3) is 5.91 Å². The summed E-state index contributed by atoms with van der Waals surface area (Å²) in [7, 11) is 0. The van der Waals surface area contributed by atoms with Gasteiger partial charge < -0.3 is 24.8 Å². The van der Waals surface area contributed by atoms with E-state index < -0.39 is 23.8 Å². The first-order valence-electron chi connectivity index (χ1n) is 15.9. The lowest BCUT2D eigenvalue weighted by Gasteiger charge is -2.15. The molecule has 2 N–H and O–H groups in total. The van der Waals surface area contributed by atoms with Crippen molar-refractivity contribution in [3.63, 3.8) is 0 Å². The van der Waals surface area contributed by atoms with E-state index >= 15 is 0 Å². The van der Waals surface area contributed by atoms with Crippen LogP contribution in [-0.4, -0.2) is 43.4 Å². The van der Waals surface area contributed by atoms with Crippen LogP contribution in [0.2, 0.25) is 0 Å². The molecule has 1 amide bonds. The second-order valence-electron chi connectivity index (χ2n) is 10.1. The van der Waals surface area contributed by atoms with Crippen LogP contribution >= 0.6 is 0 Å².